The van der Waals surface area contributed by atoms with E-state index in [1.54, 1.807) is 0 Å². The van der Waals surface area contributed by atoms with E-state index in [1.165, 1.54) is 19.4 Å². The normalized spacial score (nSPS) is 19.8. The summed E-state index contributed by atoms with van der Waals surface area (Å²) in [5.74, 6) is 1.40. The van der Waals surface area contributed by atoms with Crippen LogP contribution in [0.3, 0.4) is 0 Å². The molecule has 2 aromatic rings. The maximum atomic E-state index is 4.81. The fourth-order valence-corrected chi connectivity index (χ4v) is 3.14. The van der Waals surface area contributed by atoms with Crippen molar-refractivity contribution in [3.63, 3.8) is 0 Å². The van der Waals surface area contributed by atoms with Gasteiger partial charge in [0.2, 0.25) is 0 Å². The van der Waals surface area contributed by atoms with Crippen molar-refractivity contribution in [1.29, 1.82) is 0 Å². The zero-order chi connectivity index (χ0) is 15.7. The summed E-state index contributed by atoms with van der Waals surface area (Å²) in [5.41, 5.74) is 3.90. The summed E-state index contributed by atoms with van der Waals surface area (Å²) in [6.45, 7) is 10.8. The first kappa shape index (κ1) is 15.2. The Balaban J connectivity index is 1.89. The summed E-state index contributed by atoms with van der Waals surface area (Å²) < 4.78 is 0. The first-order valence-electron chi connectivity index (χ1n) is 8.15. The molecule has 3 heterocycles. The van der Waals surface area contributed by atoms with Crippen LogP contribution in [0.4, 0.5) is 0 Å². The van der Waals surface area contributed by atoms with Gasteiger partial charge in [-0.15, -0.1) is 0 Å². The SMILES string of the molecule is Cc1cc(-c2cc(C)[nH]n2)nc(C2CCCN(C(C)C)C2)n1. The molecule has 1 aliphatic heterocycles. The number of nitrogens with zero attached hydrogens (tertiary/aromatic N) is 4. The standard InChI is InChI=1S/C17H25N5/c1-11(2)22-7-5-6-14(10-22)17-18-12(3)8-15(19-17)16-9-13(4)20-21-16/h8-9,11,14H,5-7,10H2,1-4H3,(H,20,21). The van der Waals surface area contributed by atoms with Crippen LogP contribution in [-0.2, 0) is 0 Å². The molecule has 0 radical (unpaired) electrons. The third-order valence-electron chi connectivity index (χ3n) is 4.39. The maximum absolute atomic E-state index is 4.81. The van der Waals surface area contributed by atoms with Gasteiger partial charge in [0.15, 0.2) is 0 Å². The summed E-state index contributed by atoms with van der Waals surface area (Å²) in [5, 5.41) is 7.32. The molecule has 0 saturated carbocycles. The lowest BCUT2D eigenvalue weighted by Gasteiger charge is -2.34. The monoisotopic (exact) mass is 299 g/mol. The number of aromatic amines is 1. The fraction of sp³-hybridized carbons (Fsp3) is 0.588. The lowest BCUT2D eigenvalue weighted by molar-refractivity contribution is 0.165. The Morgan fingerprint density at radius 1 is 1.18 bits per heavy atom. The number of rotatable bonds is 3. The summed E-state index contributed by atoms with van der Waals surface area (Å²) in [4.78, 5) is 12.0. The van der Waals surface area contributed by atoms with E-state index in [2.05, 4.69) is 28.9 Å². The van der Waals surface area contributed by atoms with Gasteiger partial charge in [0, 0.05) is 29.9 Å². The molecule has 5 nitrogen and oxygen atoms in total. The van der Waals surface area contributed by atoms with Gasteiger partial charge in [-0.2, -0.15) is 5.10 Å². The highest BCUT2D eigenvalue weighted by Crippen LogP contribution is 2.27. The van der Waals surface area contributed by atoms with Crippen molar-refractivity contribution in [3.8, 4) is 11.4 Å². The van der Waals surface area contributed by atoms with Gasteiger partial charge in [-0.05, 0) is 59.2 Å². The number of nitrogens with one attached hydrogen (secondary N) is 1. The maximum Gasteiger partial charge on any atom is 0.133 e. The largest absolute Gasteiger partial charge is 0.300 e. The van der Waals surface area contributed by atoms with Crippen LogP contribution in [0.5, 0.6) is 0 Å². The fourth-order valence-electron chi connectivity index (χ4n) is 3.14. The summed E-state index contributed by atoms with van der Waals surface area (Å²) >= 11 is 0. The van der Waals surface area contributed by atoms with E-state index < -0.39 is 0 Å². The lowest BCUT2D eigenvalue weighted by atomic mass is 9.96. The molecule has 1 atom stereocenters. The highest BCUT2D eigenvalue weighted by Gasteiger charge is 2.25. The Hall–Kier alpha value is -1.75. The number of aryl methyl sites for hydroxylation is 2. The molecule has 5 heteroatoms. The number of piperidine rings is 1. The number of hydrogen-bond donors (Lipinski definition) is 1. The molecule has 0 amide bonds. The Morgan fingerprint density at radius 2 is 2.00 bits per heavy atom. The van der Waals surface area contributed by atoms with Crippen molar-refractivity contribution < 1.29 is 0 Å². The highest BCUT2D eigenvalue weighted by molar-refractivity contribution is 5.54. The van der Waals surface area contributed by atoms with E-state index in [0.717, 1.165) is 35.1 Å². The predicted molar refractivity (Wildman–Crippen MR) is 87.8 cm³/mol. The van der Waals surface area contributed by atoms with Gasteiger partial charge in [-0.1, -0.05) is 0 Å². The molecule has 0 bridgehead atoms. The van der Waals surface area contributed by atoms with E-state index in [-0.39, 0.29) is 0 Å². The lowest BCUT2D eigenvalue weighted by Crippen LogP contribution is -2.39. The molecule has 0 aromatic carbocycles. The van der Waals surface area contributed by atoms with E-state index in [9.17, 15) is 0 Å². The zero-order valence-electron chi connectivity index (χ0n) is 13.9. The molecule has 3 rings (SSSR count). The molecule has 118 valence electrons. The first-order valence-corrected chi connectivity index (χ1v) is 8.15. The minimum Gasteiger partial charge on any atom is -0.300 e. The molecule has 1 unspecified atom stereocenters. The van der Waals surface area contributed by atoms with E-state index in [1.807, 2.05) is 26.0 Å². The van der Waals surface area contributed by atoms with Crippen molar-refractivity contribution >= 4 is 0 Å². The molecule has 0 spiro atoms. The number of likely N-dealkylation sites (tertiary alicyclic amines) is 1. The van der Waals surface area contributed by atoms with Crippen LogP contribution >= 0.6 is 0 Å². The minimum atomic E-state index is 0.426. The second-order valence-electron chi connectivity index (χ2n) is 6.62. The molecule has 1 fully saturated rings. The van der Waals surface area contributed by atoms with Crippen molar-refractivity contribution in [2.75, 3.05) is 13.1 Å². The van der Waals surface area contributed by atoms with Crippen LogP contribution in [0.25, 0.3) is 11.4 Å². The van der Waals surface area contributed by atoms with Gasteiger partial charge < -0.3 is 4.90 Å². The molecular formula is C17H25N5. The number of H-pyrrole nitrogens is 1. The summed E-state index contributed by atoms with van der Waals surface area (Å²) in [6.07, 6.45) is 2.39. The Morgan fingerprint density at radius 3 is 2.68 bits per heavy atom. The molecule has 1 aliphatic rings. The van der Waals surface area contributed by atoms with Gasteiger partial charge in [0.25, 0.3) is 0 Å². The average Bonchev–Trinajstić information content (AvgIpc) is 2.93. The minimum absolute atomic E-state index is 0.426. The van der Waals surface area contributed by atoms with Crippen LogP contribution in [0.1, 0.15) is 49.8 Å². The van der Waals surface area contributed by atoms with Crippen LogP contribution in [-0.4, -0.2) is 44.2 Å². The second-order valence-corrected chi connectivity index (χ2v) is 6.62. The molecule has 1 saturated heterocycles. The summed E-state index contributed by atoms with van der Waals surface area (Å²) in [7, 11) is 0. The van der Waals surface area contributed by atoms with Crippen LogP contribution in [0.15, 0.2) is 12.1 Å². The van der Waals surface area contributed by atoms with Crippen molar-refractivity contribution in [3.05, 3.63) is 29.3 Å². The van der Waals surface area contributed by atoms with Crippen molar-refractivity contribution in [2.24, 2.45) is 0 Å². The Labute approximate surface area is 132 Å². The van der Waals surface area contributed by atoms with Crippen molar-refractivity contribution in [2.45, 2.75) is 52.5 Å². The molecule has 2 aromatic heterocycles. The molecule has 22 heavy (non-hydrogen) atoms. The topological polar surface area (TPSA) is 57.7 Å². The number of aromatic nitrogens is 4. The van der Waals surface area contributed by atoms with Crippen LogP contribution < -0.4 is 0 Å². The predicted octanol–water partition coefficient (Wildman–Crippen LogP) is 3.07. The smallest absolute Gasteiger partial charge is 0.133 e. The van der Waals surface area contributed by atoms with E-state index in [4.69, 9.17) is 9.97 Å². The van der Waals surface area contributed by atoms with E-state index in [0.29, 0.717) is 12.0 Å². The Bertz CT molecular complexity index is 646. The van der Waals surface area contributed by atoms with Crippen LogP contribution in [0, 0.1) is 13.8 Å². The third-order valence-corrected chi connectivity index (χ3v) is 4.39. The van der Waals surface area contributed by atoms with Gasteiger partial charge in [0.1, 0.15) is 11.5 Å². The first-order chi connectivity index (χ1) is 10.5. The summed E-state index contributed by atoms with van der Waals surface area (Å²) in [6, 6.07) is 4.63. The zero-order valence-corrected chi connectivity index (χ0v) is 13.9. The second kappa shape index (κ2) is 6.16. The van der Waals surface area contributed by atoms with E-state index >= 15 is 0 Å². The highest BCUT2D eigenvalue weighted by atomic mass is 15.2. The average molecular weight is 299 g/mol. The van der Waals surface area contributed by atoms with Crippen LogP contribution in [0.2, 0.25) is 0 Å². The third kappa shape index (κ3) is 3.19. The molecular weight excluding hydrogens is 274 g/mol. The number of hydrogen-bond acceptors (Lipinski definition) is 4. The Kier molecular flexibility index (Phi) is 4.25. The molecule has 1 N–H and O–H groups in total. The van der Waals surface area contributed by atoms with Gasteiger partial charge >= 0.3 is 0 Å². The quantitative estimate of drug-likeness (QED) is 0.946. The van der Waals surface area contributed by atoms with Gasteiger partial charge in [0.05, 0.1) is 5.69 Å². The van der Waals surface area contributed by atoms with Gasteiger partial charge in [-0.3, -0.25) is 5.10 Å². The van der Waals surface area contributed by atoms with Gasteiger partial charge in [-0.25, -0.2) is 9.97 Å². The molecule has 0 aliphatic carbocycles. The van der Waals surface area contributed by atoms with Crippen molar-refractivity contribution in [1.82, 2.24) is 25.1 Å².